The molecule has 0 aromatic heterocycles. The molecule has 1 aliphatic carbocycles. The summed E-state index contributed by atoms with van der Waals surface area (Å²) in [5.41, 5.74) is 0.169. The van der Waals surface area contributed by atoms with Crippen molar-refractivity contribution in [2.45, 2.75) is 17.7 Å². The fraction of sp³-hybridized carbons (Fsp3) is 0.312. The number of alkyl halides is 2. The first kappa shape index (κ1) is 13.7. The van der Waals surface area contributed by atoms with Crippen molar-refractivity contribution >= 4 is 45.6 Å². The van der Waals surface area contributed by atoms with E-state index in [-0.39, 0.29) is 5.91 Å². The first-order chi connectivity index (χ1) is 9.35. The van der Waals surface area contributed by atoms with Crippen molar-refractivity contribution < 1.29 is 4.79 Å². The molecule has 1 unspecified atom stereocenters. The highest BCUT2D eigenvalue weighted by atomic mass is 35.5. The Kier molecular flexibility index (Phi) is 3.00. The molecule has 0 heterocycles. The van der Waals surface area contributed by atoms with Crippen molar-refractivity contribution in [1.29, 1.82) is 0 Å². The van der Waals surface area contributed by atoms with Gasteiger partial charge in [0.25, 0.3) is 0 Å². The molecule has 4 heteroatoms. The van der Waals surface area contributed by atoms with Crippen LogP contribution < -0.4 is 4.90 Å². The third-order valence-corrected chi connectivity index (χ3v) is 5.26. The number of amides is 1. The zero-order valence-corrected chi connectivity index (χ0v) is 12.9. The zero-order chi connectivity index (χ0) is 14.5. The number of hydrogen-bond donors (Lipinski definition) is 0. The molecule has 2 aromatic rings. The first-order valence-corrected chi connectivity index (χ1v) is 7.25. The molecule has 104 valence electrons. The van der Waals surface area contributed by atoms with Gasteiger partial charge >= 0.3 is 0 Å². The molecule has 0 radical (unpaired) electrons. The Morgan fingerprint density at radius 3 is 2.35 bits per heavy atom. The zero-order valence-electron chi connectivity index (χ0n) is 11.4. The van der Waals surface area contributed by atoms with Crippen LogP contribution >= 0.6 is 23.2 Å². The van der Waals surface area contributed by atoms with Crippen LogP contribution in [0.25, 0.3) is 10.8 Å². The molecule has 0 saturated heterocycles. The van der Waals surface area contributed by atoms with Gasteiger partial charge in [-0.2, -0.15) is 0 Å². The van der Waals surface area contributed by atoms with Gasteiger partial charge in [-0.05, 0) is 36.2 Å². The largest absolute Gasteiger partial charge is 0.315 e. The van der Waals surface area contributed by atoms with Gasteiger partial charge in [-0.1, -0.05) is 30.3 Å². The predicted octanol–water partition coefficient (Wildman–Crippen LogP) is 4.39. The topological polar surface area (TPSA) is 20.3 Å². The van der Waals surface area contributed by atoms with Gasteiger partial charge in [-0.25, -0.2) is 0 Å². The first-order valence-electron chi connectivity index (χ1n) is 6.50. The summed E-state index contributed by atoms with van der Waals surface area (Å²) < 4.78 is -0.935. The maximum absolute atomic E-state index is 12.5. The van der Waals surface area contributed by atoms with E-state index in [1.807, 2.05) is 49.4 Å². The van der Waals surface area contributed by atoms with Crippen molar-refractivity contribution in [3.05, 3.63) is 42.5 Å². The van der Waals surface area contributed by atoms with E-state index >= 15 is 0 Å². The van der Waals surface area contributed by atoms with E-state index < -0.39 is 9.75 Å². The Hall–Kier alpha value is -1.25. The van der Waals surface area contributed by atoms with Crippen LogP contribution in [-0.2, 0) is 4.79 Å². The molecule has 1 atom stereocenters. The molecule has 2 aromatic carbocycles. The summed E-state index contributed by atoms with van der Waals surface area (Å²) >= 11 is 12.2. The van der Waals surface area contributed by atoms with Gasteiger partial charge in [-0.15, -0.1) is 23.2 Å². The Labute approximate surface area is 128 Å². The van der Waals surface area contributed by atoms with E-state index in [4.69, 9.17) is 23.2 Å². The van der Waals surface area contributed by atoms with Gasteiger partial charge in [0.15, 0.2) is 0 Å². The van der Waals surface area contributed by atoms with Crippen molar-refractivity contribution in [2.24, 2.45) is 5.41 Å². The number of rotatable bonds is 2. The molecule has 2 nitrogen and oxygen atoms in total. The molecule has 1 fully saturated rings. The van der Waals surface area contributed by atoms with Crippen LogP contribution in [-0.4, -0.2) is 17.3 Å². The maximum Gasteiger partial charge on any atom is 0.235 e. The lowest BCUT2D eigenvalue weighted by atomic mass is 10.1. The van der Waals surface area contributed by atoms with Crippen LogP contribution in [0.15, 0.2) is 42.5 Å². The lowest BCUT2D eigenvalue weighted by Gasteiger charge is -2.22. The fourth-order valence-corrected chi connectivity index (χ4v) is 3.20. The normalized spacial score (nSPS) is 23.6. The maximum atomic E-state index is 12.5. The quantitative estimate of drug-likeness (QED) is 0.754. The van der Waals surface area contributed by atoms with Gasteiger partial charge in [-0.3, -0.25) is 4.79 Å². The number of benzene rings is 2. The van der Waals surface area contributed by atoms with Crippen LogP contribution in [0.2, 0.25) is 0 Å². The SMILES string of the molecule is CN(C(=O)C1(C)CC1(Cl)Cl)c1ccc2ccccc2c1. The number of nitrogens with zero attached hydrogens (tertiary/aromatic N) is 1. The second kappa shape index (κ2) is 4.37. The van der Waals surface area contributed by atoms with Crippen LogP contribution in [0.4, 0.5) is 5.69 Å². The lowest BCUT2D eigenvalue weighted by Crippen LogP contribution is -2.35. The highest BCUT2D eigenvalue weighted by Crippen LogP contribution is 2.64. The van der Waals surface area contributed by atoms with Crippen molar-refractivity contribution in [2.75, 3.05) is 11.9 Å². The van der Waals surface area contributed by atoms with Crippen LogP contribution in [0.1, 0.15) is 13.3 Å². The summed E-state index contributed by atoms with van der Waals surface area (Å²) in [6, 6.07) is 14.0. The summed E-state index contributed by atoms with van der Waals surface area (Å²) in [5, 5.41) is 2.26. The van der Waals surface area contributed by atoms with E-state index in [0.29, 0.717) is 6.42 Å². The standard InChI is InChI=1S/C16H15Cl2NO/c1-15(10-16(15,17)18)14(20)19(2)13-8-7-11-5-3-4-6-12(11)9-13/h3-9H,10H2,1-2H3. The summed E-state index contributed by atoms with van der Waals surface area (Å²) in [4.78, 5) is 14.2. The minimum absolute atomic E-state index is 0.0437. The Bertz CT molecular complexity index is 698. The molecule has 3 rings (SSSR count). The van der Waals surface area contributed by atoms with Crippen molar-refractivity contribution in [3.8, 4) is 0 Å². The molecule has 0 bridgehead atoms. The Balaban J connectivity index is 1.93. The molecular formula is C16H15Cl2NO. The number of hydrogen-bond acceptors (Lipinski definition) is 1. The summed E-state index contributed by atoms with van der Waals surface area (Å²) in [5.74, 6) is -0.0437. The fourth-order valence-electron chi connectivity index (χ4n) is 2.50. The van der Waals surface area contributed by atoms with E-state index in [1.54, 1.807) is 11.9 Å². The molecule has 1 amide bonds. The predicted molar refractivity (Wildman–Crippen MR) is 84.5 cm³/mol. The van der Waals surface area contributed by atoms with Gasteiger partial charge < -0.3 is 4.90 Å². The van der Waals surface area contributed by atoms with E-state index in [9.17, 15) is 4.79 Å². The second-order valence-electron chi connectivity index (χ2n) is 5.61. The van der Waals surface area contributed by atoms with E-state index in [0.717, 1.165) is 16.5 Å². The van der Waals surface area contributed by atoms with Gasteiger partial charge in [0.1, 0.15) is 4.33 Å². The van der Waals surface area contributed by atoms with Crippen molar-refractivity contribution in [1.82, 2.24) is 0 Å². The number of fused-ring (bicyclic) bond motifs is 1. The summed E-state index contributed by atoms with van der Waals surface area (Å²) in [6.45, 7) is 1.81. The lowest BCUT2D eigenvalue weighted by molar-refractivity contribution is -0.122. The Morgan fingerprint density at radius 2 is 1.75 bits per heavy atom. The second-order valence-corrected chi connectivity index (χ2v) is 7.09. The van der Waals surface area contributed by atoms with Crippen LogP contribution in [0, 0.1) is 5.41 Å². The molecule has 0 N–H and O–H groups in total. The van der Waals surface area contributed by atoms with Gasteiger partial charge in [0.05, 0.1) is 5.41 Å². The smallest absolute Gasteiger partial charge is 0.235 e. The number of halogens is 2. The third kappa shape index (κ3) is 1.99. The average Bonchev–Trinajstić information content (AvgIpc) is 2.96. The van der Waals surface area contributed by atoms with E-state index in [1.165, 1.54) is 0 Å². The number of anilines is 1. The minimum atomic E-state index is -0.935. The molecule has 1 aliphatic rings. The third-order valence-electron chi connectivity index (χ3n) is 4.15. The van der Waals surface area contributed by atoms with Crippen LogP contribution in [0.3, 0.4) is 0 Å². The molecule has 1 saturated carbocycles. The molecule has 20 heavy (non-hydrogen) atoms. The molecule has 0 spiro atoms. The van der Waals surface area contributed by atoms with Crippen LogP contribution in [0.5, 0.6) is 0 Å². The van der Waals surface area contributed by atoms with Crippen molar-refractivity contribution in [3.63, 3.8) is 0 Å². The average molecular weight is 308 g/mol. The number of carbonyl (C=O) groups excluding carboxylic acids is 1. The highest BCUT2D eigenvalue weighted by Gasteiger charge is 2.68. The number of carbonyl (C=O) groups is 1. The van der Waals surface area contributed by atoms with E-state index in [2.05, 4.69) is 0 Å². The summed E-state index contributed by atoms with van der Waals surface area (Å²) in [6.07, 6.45) is 0.500. The van der Waals surface area contributed by atoms with Gasteiger partial charge in [0.2, 0.25) is 5.91 Å². The summed E-state index contributed by atoms with van der Waals surface area (Å²) in [7, 11) is 1.76. The van der Waals surface area contributed by atoms with Gasteiger partial charge in [0, 0.05) is 12.7 Å². The monoisotopic (exact) mass is 307 g/mol. The minimum Gasteiger partial charge on any atom is -0.315 e. The highest BCUT2D eigenvalue weighted by molar-refractivity contribution is 6.53. The molecule has 0 aliphatic heterocycles. The molecular weight excluding hydrogens is 293 g/mol. The Morgan fingerprint density at radius 1 is 1.15 bits per heavy atom.